The number of anilines is 1. The van der Waals surface area contributed by atoms with E-state index in [1.807, 2.05) is 11.8 Å². The first-order chi connectivity index (χ1) is 11.0. The van der Waals surface area contributed by atoms with Crippen molar-refractivity contribution in [3.8, 4) is 0 Å². The number of carbonyl (C=O) groups excluding carboxylic acids is 1. The first kappa shape index (κ1) is 17.7. The summed E-state index contributed by atoms with van der Waals surface area (Å²) < 4.78 is 30.7. The lowest BCUT2D eigenvalue weighted by molar-refractivity contribution is 0.0600. The molecule has 1 fully saturated rings. The third-order valence-corrected chi connectivity index (χ3v) is 5.88. The van der Waals surface area contributed by atoms with Crippen LogP contribution >= 0.6 is 0 Å². The third-order valence-electron chi connectivity index (χ3n) is 3.80. The van der Waals surface area contributed by atoms with Crippen LogP contribution < -0.4 is 4.90 Å². The lowest BCUT2D eigenvalue weighted by Gasteiger charge is -2.22. The highest BCUT2D eigenvalue weighted by Gasteiger charge is 2.25. The number of aromatic nitrogens is 1. The van der Waals surface area contributed by atoms with Crippen LogP contribution in [0.3, 0.4) is 0 Å². The molecule has 0 amide bonds. The van der Waals surface area contributed by atoms with Gasteiger partial charge < -0.3 is 9.64 Å². The van der Waals surface area contributed by atoms with E-state index < -0.39 is 16.0 Å². The molecule has 0 N–H and O–H groups in total. The van der Waals surface area contributed by atoms with Crippen molar-refractivity contribution in [2.45, 2.75) is 19.8 Å². The van der Waals surface area contributed by atoms with Gasteiger partial charge in [-0.25, -0.2) is 22.5 Å². The number of methoxy groups -OCH3 is 1. The van der Waals surface area contributed by atoms with Crippen LogP contribution in [0.15, 0.2) is 18.3 Å². The maximum absolute atomic E-state index is 12.2. The summed E-state index contributed by atoms with van der Waals surface area (Å²) in [7, 11) is -1.84. The average Bonchev–Trinajstić information content (AvgIpc) is 2.81. The molecule has 0 atom stereocenters. The van der Waals surface area contributed by atoms with Crippen LogP contribution in [-0.2, 0) is 14.8 Å². The van der Waals surface area contributed by atoms with E-state index in [1.165, 1.54) is 7.11 Å². The van der Waals surface area contributed by atoms with Crippen LogP contribution in [0.1, 0.15) is 30.1 Å². The fraction of sp³-hybridized carbons (Fsp3) is 0.600. The number of carbonyl (C=O) groups is 1. The molecule has 0 radical (unpaired) electrons. The van der Waals surface area contributed by atoms with Gasteiger partial charge in [-0.3, -0.25) is 0 Å². The topological polar surface area (TPSA) is 79.8 Å². The number of sulfonamides is 1. The molecule has 7 nitrogen and oxygen atoms in total. The number of ether oxygens (including phenoxy) is 1. The van der Waals surface area contributed by atoms with Gasteiger partial charge in [0.05, 0.1) is 18.4 Å². The molecule has 0 spiro atoms. The second-order valence-corrected chi connectivity index (χ2v) is 7.54. The summed E-state index contributed by atoms with van der Waals surface area (Å²) >= 11 is 0. The highest BCUT2D eigenvalue weighted by atomic mass is 32.2. The van der Waals surface area contributed by atoms with E-state index in [9.17, 15) is 13.2 Å². The quantitative estimate of drug-likeness (QED) is 0.747. The summed E-state index contributed by atoms with van der Waals surface area (Å²) in [6.45, 7) is 4.09. The molecule has 0 bridgehead atoms. The molecule has 1 aromatic heterocycles. The van der Waals surface area contributed by atoms with Gasteiger partial charge in [0.2, 0.25) is 10.0 Å². The lowest BCUT2D eigenvalue weighted by Crippen LogP contribution is -2.36. The number of pyridine rings is 1. The van der Waals surface area contributed by atoms with Crippen molar-refractivity contribution in [3.63, 3.8) is 0 Å². The number of hydrogen-bond donors (Lipinski definition) is 0. The predicted molar refractivity (Wildman–Crippen MR) is 88.1 cm³/mol. The number of rotatable bonds is 5. The highest BCUT2D eigenvalue weighted by molar-refractivity contribution is 7.89. The molecule has 2 rings (SSSR count). The van der Waals surface area contributed by atoms with E-state index >= 15 is 0 Å². The summed E-state index contributed by atoms with van der Waals surface area (Å²) in [5.74, 6) is 0.446. The van der Waals surface area contributed by atoms with Crippen molar-refractivity contribution in [2.75, 3.05) is 43.9 Å². The second-order valence-electron chi connectivity index (χ2n) is 5.45. The van der Waals surface area contributed by atoms with Gasteiger partial charge in [0.1, 0.15) is 5.82 Å². The molecule has 0 saturated carbocycles. The Hall–Kier alpha value is -1.67. The fourth-order valence-corrected chi connectivity index (χ4v) is 4.17. The monoisotopic (exact) mass is 341 g/mol. The zero-order chi connectivity index (χ0) is 16.9. The molecule has 1 saturated heterocycles. The first-order valence-corrected chi connectivity index (χ1v) is 9.36. The summed E-state index contributed by atoms with van der Waals surface area (Å²) in [6.07, 6.45) is 2.91. The van der Waals surface area contributed by atoms with Gasteiger partial charge in [-0.2, -0.15) is 0 Å². The Balaban J connectivity index is 2.10. The largest absolute Gasteiger partial charge is 0.465 e. The predicted octanol–water partition coefficient (Wildman–Crippen LogP) is 1.12. The van der Waals surface area contributed by atoms with Gasteiger partial charge in [-0.05, 0) is 25.0 Å². The molecule has 23 heavy (non-hydrogen) atoms. The molecule has 8 heteroatoms. The molecule has 1 aliphatic rings. The maximum Gasteiger partial charge on any atom is 0.338 e. The summed E-state index contributed by atoms with van der Waals surface area (Å²) in [5, 5.41) is 0. The number of hydrogen-bond acceptors (Lipinski definition) is 6. The zero-order valence-corrected chi connectivity index (χ0v) is 14.4. The van der Waals surface area contributed by atoms with Crippen molar-refractivity contribution in [2.24, 2.45) is 0 Å². The standard InChI is InChI=1S/C15H23N3O4S/c1-3-11-23(20,21)18-8-4-7-17(9-10-18)14-12-13(5-6-16-14)15(19)22-2/h5-6,12H,3-4,7-11H2,1-2H3. The Morgan fingerprint density at radius 2 is 2.09 bits per heavy atom. The minimum Gasteiger partial charge on any atom is -0.465 e. The summed E-state index contributed by atoms with van der Waals surface area (Å²) in [5.41, 5.74) is 0.442. The van der Waals surface area contributed by atoms with Crippen molar-refractivity contribution in [1.29, 1.82) is 0 Å². The van der Waals surface area contributed by atoms with Gasteiger partial charge in [-0.15, -0.1) is 0 Å². The molecule has 128 valence electrons. The van der Waals surface area contributed by atoms with Gasteiger partial charge in [0, 0.05) is 32.4 Å². The summed E-state index contributed by atoms with van der Waals surface area (Å²) in [6, 6.07) is 3.28. The Labute approximate surface area is 137 Å². The zero-order valence-electron chi connectivity index (χ0n) is 13.6. The first-order valence-electron chi connectivity index (χ1n) is 7.75. The highest BCUT2D eigenvalue weighted by Crippen LogP contribution is 2.17. The normalized spacial score (nSPS) is 16.9. The lowest BCUT2D eigenvalue weighted by atomic mass is 10.2. The molecule has 2 heterocycles. The number of nitrogens with zero attached hydrogens (tertiary/aromatic N) is 3. The van der Waals surface area contributed by atoms with Crippen LogP contribution in [0.4, 0.5) is 5.82 Å². The fourth-order valence-electron chi connectivity index (χ4n) is 2.62. The van der Waals surface area contributed by atoms with Crippen LogP contribution in [0, 0.1) is 0 Å². The molecule has 1 aromatic rings. The molecular formula is C15H23N3O4S. The van der Waals surface area contributed by atoms with Gasteiger partial charge >= 0.3 is 5.97 Å². The number of esters is 1. The van der Waals surface area contributed by atoms with Crippen molar-refractivity contribution in [1.82, 2.24) is 9.29 Å². The van der Waals surface area contributed by atoms with Gasteiger partial charge in [-0.1, -0.05) is 6.92 Å². The van der Waals surface area contributed by atoms with E-state index in [0.29, 0.717) is 44.0 Å². The summed E-state index contributed by atoms with van der Waals surface area (Å²) in [4.78, 5) is 17.9. The minimum absolute atomic E-state index is 0.184. The maximum atomic E-state index is 12.2. The Morgan fingerprint density at radius 3 is 2.78 bits per heavy atom. The van der Waals surface area contributed by atoms with Crippen LogP contribution in [0.5, 0.6) is 0 Å². The van der Waals surface area contributed by atoms with Crippen molar-refractivity contribution in [3.05, 3.63) is 23.9 Å². The molecule has 0 unspecified atom stereocenters. The molecule has 1 aliphatic heterocycles. The van der Waals surface area contributed by atoms with E-state index in [2.05, 4.69) is 4.98 Å². The smallest absolute Gasteiger partial charge is 0.338 e. The van der Waals surface area contributed by atoms with E-state index in [4.69, 9.17) is 4.74 Å². The van der Waals surface area contributed by atoms with Gasteiger partial charge in [0.15, 0.2) is 0 Å². The van der Waals surface area contributed by atoms with E-state index in [1.54, 1.807) is 22.6 Å². The average molecular weight is 341 g/mol. The van der Waals surface area contributed by atoms with Crippen molar-refractivity contribution < 1.29 is 17.9 Å². The van der Waals surface area contributed by atoms with E-state index in [0.717, 1.165) is 6.42 Å². The molecule has 0 aliphatic carbocycles. The minimum atomic E-state index is -3.18. The third kappa shape index (κ3) is 4.42. The second kappa shape index (κ2) is 7.74. The van der Waals surface area contributed by atoms with E-state index in [-0.39, 0.29) is 5.75 Å². The molecule has 0 aromatic carbocycles. The molecular weight excluding hydrogens is 318 g/mol. The van der Waals surface area contributed by atoms with Gasteiger partial charge in [0.25, 0.3) is 0 Å². The Bertz CT molecular complexity index is 648. The van der Waals surface area contributed by atoms with Crippen LogP contribution in [-0.4, -0.2) is 62.7 Å². The Kier molecular flexibility index (Phi) is 5.95. The van der Waals surface area contributed by atoms with Crippen LogP contribution in [0.25, 0.3) is 0 Å². The van der Waals surface area contributed by atoms with Crippen molar-refractivity contribution >= 4 is 21.8 Å². The van der Waals surface area contributed by atoms with Crippen LogP contribution in [0.2, 0.25) is 0 Å². The Morgan fingerprint density at radius 1 is 1.30 bits per heavy atom. The SMILES string of the molecule is CCCS(=O)(=O)N1CCCN(c2cc(C(=O)OC)ccn2)CC1.